The number of primary sulfonamides is 1. The van der Waals surface area contributed by atoms with E-state index < -0.39 is 15.9 Å². The van der Waals surface area contributed by atoms with E-state index in [4.69, 9.17) is 5.14 Å². The van der Waals surface area contributed by atoms with Gasteiger partial charge in [0.05, 0.1) is 16.9 Å². The van der Waals surface area contributed by atoms with Crippen molar-refractivity contribution < 1.29 is 13.2 Å². The molecule has 1 heterocycles. The zero-order chi connectivity index (χ0) is 19.8. The lowest BCUT2D eigenvalue weighted by Gasteiger charge is -2.10. The first-order valence-corrected chi connectivity index (χ1v) is 9.77. The number of aromatic nitrogens is 2. The Kier molecular flexibility index (Phi) is 4.86. The van der Waals surface area contributed by atoms with Crippen LogP contribution in [0.2, 0.25) is 0 Å². The maximum absolute atomic E-state index is 12.5. The van der Waals surface area contributed by atoms with E-state index in [9.17, 15) is 13.2 Å². The minimum absolute atomic E-state index is 0.0588. The maximum atomic E-state index is 12.5. The number of carbonyl (C=O) groups excluding carboxylic acids is 1. The second-order valence-corrected chi connectivity index (χ2v) is 7.84. The van der Waals surface area contributed by atoms with E-state index in [1.54, 1.807) is 37.5 Å². The highest BCUT2D eigenvalue weighted by Crippen LogP contribution is 2.19. The first-order chi connectivity index (χ1) is 12.7. The number of amides is 1. The van der Waals surface area contributed by atoms with Crippen molar-refractivity contribution in [2.75, 3.05) is 5.32 Å². The minimum Gasteiger partial charge on any atom is -0.322 e. The van der Waals surface area contributed by atoms with E-state index >= 15 is 0 Å². The van der Waals surface area contributed by atoms with Gasteiger partial charge in [-0.3, -0.25) is 4.79 Å². The molecule has 2 aromatic carbocycles. The summed E-state index contributed by atoms with van der Waals surface area (Å²) in [5, 5.41) is 7.95. The molecule has 0 radical (unpaired) electrons. The Hall–Kier alpha value is -2.97. The van der Waals surface area contributed by atoms with Gasteiger partial charge in [0, 0.05) is 22.6 Å². The van der Waals surface area contributed by atoms with Gasteiger partial charge in [0.2, 0.25) is 10.0 Å². The highest BCUT2D eigenvalue weighted by molar-refractivity contribution is 7.89. The molecule has 0 aliphatic heterocycles. The number of hydrogen-bond donors (Lipinski definition) is 2. The number of rotatable bonds is 4. The lowest BCUT2D eigenvalue weighted by atomic mass is 10.1. The Morgan fingerprint density at radius 3 is 2.30 bits per heavy atom. The molecule has 27 heavy (non-hydrogen) atoms. The third-order valence-corrected chi connectivity index (χ3v) is 5.46. The molecule has 0 aliphatic rings. The zero-order valence-electron chi connectivity index (χ0n) is 15.2. The lowest BCUT2D eigenvalue weighted by molar-refractivity contribution is 0.102. The summed E-state index contributed by atoms with van der Waals surface area (Å²) in [5.41, 5.74) is 4.23. The number of carbonyl (C=O) groups is 1. The third kappa shape index (κ3) is 3.91. The van der Waals surface area contributed by atoms with E-state index in [0.717, 1.165) is 17.1 Å². The molecule has 0 unspecified atom stereocenters. The van der Waals surface area contributed by atoms with Crippen LogP contribution in [0.4, 0.5) is 5.69 Å². The van der Waals surface area contributed by atoms with Crippen molar-refractivity contribution in [2.24, 2.45) is 5.14 Å². The van der Waals surface area contributed by atoms with Crippen LogP contribution in [0.25, 0.3) is 5.69 Å². The number of nitrogens with zero attached hydrogens (tertiary/aromatic N) is 2. The summed E-state index contributed by atoms with van der Waals surface area (Å²) in [7, 11) is -3.89. The van der Waals surface area contributed by atoms with Crippen LogP contribution in [-0.2, 0) is 10.0 Å². The van der Waals surface area contributed by atoms with Gasteiger partial charge in [-0.05, 0) is 62.7 Å². The Balaban J connectivity index is 1.82. The molecule has 3 rings (SSSR count). The number of nitrogens with one attached hydrogen (secondary N) is 1. The van der Waals surface area contributed by atoms with E-state index in [0.29, 0.717) is 11.3 Å². The molecule has 0 fully saturated rings. The maximum Gasteiger partial charge on any atom is 0.255 e. The summed E-state index contributed by atoms with van der Waals surface area (Å²) < 4.78 is 25.2. The highest BCUT2D eigenvalue weighted by atomic mass is 32.2. The molecule has 0 saturated heterocycles. The van der Waals surface area contributed by atoms with E-state index in [2.05, 4.69) is 10.3 Å². The van der Waals surface area contributed by atoms with Crippen molar-refractivity contribution in [1.29, 1.82) is 0 Å². The molecule has 0 spiro atoms. The van der Waals surface area contributed by atoms with Gasteiger partial charge in [-0.25, -0.2) is 18.5 Å². The monoisotopic (exact) mass is 384 g/mol. The molecule has 3 N–H and O–H groups in total. The van der Waals surface area contributed by atoms with Crippen molar-refractivity contribution >= 4 is 21.6 Å². The average molecular weight is 384 g/mol. The van der Waals surface area contributed by atoms with Gasteiger partial charge in [0.15, 0.2) is 0 Å². The van der Waals surface area contributed by atoms with E-state index in [1.807, 2.05) is 30.5 Å². The molecule has 3 aromatic rings. The fraction of sp³-hybridized carbons (Fsp3) is 0.158. The zero-order valence-corrected chi connectivity index (χ0v) is 16.0. The van der Waals surface area contributed by atoms with Crippen LogP contribution in [0, 0.1) is 20.8 Å². The largest absolute Gasteiger partial charge is 0.322 e. The van der Waals surface area contributed by atoms with Crippen molar-refractivity contribution in [2.45, 2.75) is 25.7 Å². The van der Waals surface area contributed by atoms with Gasteiger partial charge in [-0.2, -0.15) is 0 Å². The summed E-state index contributed by atoms with van der Waals surface area (Å²) in [5.74, 6) is -0.415. The molecule has 0 atom stereocenters. The number of benzene rings is 2. The van der Waals surface area contributed by atoms with Crippen LogP contribution in [0.1, 0.15) is 27.3 Å². The fourth-order valence-electron chi connectivity index (χ4n) is 2.72. The SMILES string of the molecule is Cc1ccc(C(=O)Nc2ccc(-n3cnc(C)c3C)cc2)cc1S(N)(=O)=O. The Labute approximate surface area is 157 Å². The number of nitrogens with two attached hydrogens (primary N) is 1. The second kappa shape index (κ2) is 6.98. The average Bonchev–Trinajstić information content (AvgIpc) is 2.94. The molecule has 0 aliphatic carbocycles. The van der Waals surface area contributed by atoms with Crippen molar-refractivity contribution in [3.63, 3.8) is 0 Å². The standard InChI is InChI=1S/C19H20N4O3S/c1-12-4-5-15(10-18(12)27(20,25)26)19(24)22-16-6-8-17(9-7-16)23-11-21-13(2)14(23)3/h4-11H,1-3H3,(H,22,24)(H2,20,25,26). The Bertz CT molecular complexity index is 1120. The lowest BCUT2D eigenvalue weighted by Crippen LogP contribution is -2.17. The molecule has 0 bridgehead atoms. The molecule has 8 heteroatoms. The topological polar surface area (TPSA) is 107 Å². The fourth-order valence-corrected chi connectivity index (χ4v) is 3.52. The molecule has 1 aromatic heterocycles. The van der Waals surface area contributed by atoms with Crippen LogP contribution < -0.4 is 10.5 Å². The van der Waals surface area contributed by atoms with E-state index in [1.165, 1.54) is 6.07 Å². The van der Waals surface area contributed by atoms with Crippen LogP contribution >= 0.6 is 0 Å². The first-order valence-electron chi connectivity index (χ1n) is 8.22. The summed E-state index contributed by atoms with van der Waals surface area (Å²) in [4.78, 5) is 16.7. The Morgan fingerprint density at radius 2 is 1.74 bits per heavy atom. The predicted octanol–water partition coefficient (Wildman–Crippen LogP) is 2.70. The molecule has 7 nitrogen and oxygen atoms in total. The summed E-state index contributed by atoms with van der Waals surface area (Å²) in [6, 6.07) is 11.7. The number of aryl methyl sites for hydroxylation is 2. The van der Waals surface area contributed by atoms with Crippen molar-refractivity contribution in [3.05, 3.63) is 71.3 Å². The van der Waals surface area contributed by atoms with Gasteiger partial charge in [0.1, 0.15) is 0 Å². The van der Waals surface area contributed by atoms with E-state index in [-0.39, 0.29) is 10.5 Å². The molecule has 0 saturated carbocycles. The normalized spacial score (nSPS) is 11.4. The Morgan fingerprint density at radius 1 is 1.07 bits per heavy atom. The summed E-state index contributed by atoms with van der Waals surface area (Å²) >= 11 is 0. The number of imidazole rings is 1. The predicted molar refractivity (Wildman–Crippen MR) is 104 cm³/mol. The molecular weight excluding hydrogens is 364 g/mol. The number of anilines is 1. The van der Waals surface area contributed by atoms with Crippen LogP contribution in [0.15, 0.2) is 53.7 Å². The molecule has 140 valence electrons. The second-order valence-electron chi connectivity index (χ2n) is 6.31. The minimum atomic E-state index is -3.89. The molecular formula is C19H20N4O3S. The molecule has 1 amide bonds. The van der Waals surface area contributed by atoms with Crippen LogP contribution in [0.3, 0.4) is 0 Å². The van der Waals surface area contributed by atoms with Gasteiger partial charge < -0.3 is 9.88 Å². The van der Waals surface area contributed by atoms with Crippen LogP contribution in [0.5, 0.6) is 0 Å². The van der Waals surface area contributed by atoms with Gasteiger partial charge in [-0.1, -0.05) is 6.07 Å². The quantitative estimate of drug-likeness (QED) is 0.721. The summed E-state index contributed by atoms with van der Waals surface area (Å²) in [6.07, 6.45) is 1.75. The third-order valence-electron chi connectivity index (χ3n) is 4.41. The van der Waals surface area contributed by atoms with Crippen LogP contribution in [-0.4, -0.2) is 23.9 Å². The highest BCUT2D eigenvalue weighted by Gasteiger charge is 2.15. The van der Waals surface area contributed by atoms with Gasteiger partial charge in [0.25, 0.3) is 5.91 Å². The van der Waals surface area contributed by atoms with Gasteiger partial charge in [-0.15, -0.1) is 0 Å². The smallest absolute Gasteiger partial charge is 0.255 e. The van der Waals surface area contributed by atoms with Crippen molar-refractivity contribution in [3.8, 4) is 5.69 Å². The first kappa shape index (κ1) is 18.8. The van der Waals surface area contributed by atoms with Gasteiger partial charge >= 0.3 is 0 Å². The summed E-state index contributed by atoms with van der Waals surface area (Å²) in [6.45, 7) is 5.55. The number of sulfonamides is 1. The number of hydrogen-bond acceptors (Lipinski definition) is 4. The van der Waals surface area contributed by atoms with Crippen molar-refractivity contribution in [1.82, 2.24) is 9.55 Å².